The summed E-state index contributed by atoms with van der Waals surface area (Å²) in [6.07, 6.45) is 0. The minimum Gasteiger partial charge on any atom is -0.495 e. The zero-order chi connectivity index (χ0) is 13.0. The summed E-state index contributed by atoms with van der Waals surface area (Å²) in [5.74, 6) is 0.656. The van der Waals surface area contributed by atoms with Crippen molar-refractivity contribution in [3.05, 3.63) is 53.1 Å². The Hall–Kier alpha value is -1.16. The Morgan fingerprint density at radius 3 is 2.72 bits per heavy atom. The minimum absolute atomic E-state index is 0.0356. The lowest BCUT2D eigenvalue weighted by molar-refractivity contribution is 0.279. The van der Waals surface area contributed by atoms with Crippen molar-refractivity contribution in [2.45, 2.75) is 16.4 Å². The summed E-state index contributed by atoms with van der Waals surface area (Å²) in [7, 11) is 1.59. The van der Waals surface area contributed by atoms with E-state index < -0.39 is 0 Å². The first kappa shape index (κ1) is 13.3. The molecule has 0 bridgehead atoms. The molecule has 0 aliphatic heterocycles. The van der Waals surface area contributed by atoms with Crippen molar-refractivity contribution in [2.24, 2.45) is 0 Å². The topological polar surface area (TPSA) is 29.5 Å². The zero-order valence-electron chi connectivity index (χ0n) is 9.89. The average molecular weight is 281 g/mol. The second kappa shape index (κ2) is 6.14. The van der Waals surface area contributed by atoms with E-state index in [4.69, 9.17) is 16.3 Å². The third kappa shape index (κ3) is 2.99. The number of hydrogen-bond donors (Lipinski definition) is 1. The van der Waals surface area contributed by atoms with Gasteiger partial charge in [-0.05, 0) is 29.8 Å². The van der Waals surface area contributed by atoms with Crippen LogP contribution in [0.25, 0.3) is 0 Å². The molecule has 0 unspecified atom stereocenters. The summed E-state index contributed by atoms with van der Waals surface area (Å²) in [5, 5.41) is 9.88. The number of benzene rings is 2. The summed E-state index contributed by atoms with van der Waals surface area (Å²) < 4.78 is 5.19. The van der Waals surface area contributed by atoms with E-state index in [2.05, 4.69) is 0 Å². The fourth-order valence-corrected chi connectivity index (χ4v) is 2.73. The number of ether oxygens (including phenoxy) is 1. The van der Waals surface area contributed by atoms with Gasteiger partial charge >= 0.3 is 0 Å². The predicted octanol–water partition coefficient (Wildman–Crippen LogP) is 3.99. The Labute approximate surface area is 116 Å². The van der Waals surface area contributed by atoms with Crippen molar-refractivity contribution < 1.29 is 9.84 Å². The number of halogens is 1. The van der Waals surface area contributed by atoms with Crippen molar-refractivity contribution in [3.63, 3.8) is 0 Å². The van der Waals surface area contributed by atoms with Crippen LogP contribution in [0.5, 0.6) is 5.75 Å². The first-order valence-electron chi connectivity index (χ1n) is 5.44. The van der Waals surface area contributed by atoms with Gasteiger partial charge in [-0.25, -0.2) is 0 Å². The first-order chi connectivity index (χ1) is 8.74. The Balaban J connectivity index is 2.28. The molecule has 1 N–H and O–H groups in total. The molecule has 0 aliphatic rings. The van der Waals surface area contributed by atoms with Gasteiger partial charge in [-0.15, -0.1) is 0 Å². The second-order valence-electron chi connectivity index (χ2n) is 3.66. The Morgan fingerprint density at radius 1 is 1.22 bits per heavy atom. The highest BCUT2D eigenvalue weighted by atomic mass is 35.5. The SMILES string of the molecule is COc1cc(Sc2ccccc2CO)ccc1Cl. The predicted molar refractivity (Wildman–Crippen MR) is 74.5 cm³/mol. The zero-order valence-corrected chi connectivity index (χ0v) is 11.5. The number of aliphatic hydroxyl groups excluding tert-OH is 1. The van der Waals surface area contributed by atoms with E-state index >= 15 is 0 Å². The number of aliphatic hydroxyl groups is 1. The van der Waals surface area contributed by atoms with Crippen LogP contribution in [-0.2, 0) is 6.61 Å². The van der Waals surface area contributed by atoms with Crippen molar-refractivity contribution in [1.82, 2.24) is 0 Å². The standard InChI is InChI=1S/C14H13ClO2S/c1-17-13-8-11(6-7-12(13)15)18-14-5-3-2-4-10(14)9-16/h2-8,16H,9H2,1H3. The molecule has 4 heteroatoms. The number of methoxy groups -OCH3 is 1. The lowest BCUT2D eigenvalue weighted by Crippen LogP contribution is -1.87. The molecule has 2 aromatic carbocycles. The summed E-state index contributed by atoms with van der Waals surface area (Å²) >= 11 is 7.56. The van der Waals surface area contributed by atoms with E-state index in [0.717, 1.165) is 15.4 Å². The lowest BCUT2D eigenvalue weighted by Gasteiger charge is -2.08. The molecule has 0 heterocycles. The van der Waals surface area contributed by atoms with Gasteiger partial charge in [0.05, 0.1) is 18.7 Å². The smallest absolute Gasteiger partial charge is 0.138 e. The van der Waals surface area contributed by atoms with Crippen LogP contribution in [0.2, 0.25) is 5.02 Å². The summed E-state index contributed by atoms with van der Waals surface area (Å²) in [5.41, 5.74) is 0.913. The summed E-state index contributed by atoms with van der Waals surface area (Å²) in [4.78, 5) is 2.06. The molecule has 0 saturated heterocycles. The molecule has 2 aromatic rings. The van der Waals surface area contributed by atoms with E-state index in [9.17, 15) is 5.11 Å². The molecule has 0 aliphatic carbocycles. The van der Waals surface area contributed by atoms with Crippen LogP contribution >= 0.6 is 23.4 Å². The molecule has 0 atom stereocenters. The molecule has 94 valence electrons. The maximum Gasteiger partial charge on any atom is 0.138 e. The molecular weight excluding hydrogens is 268 g/mol. The molecule has 2 nitrogen and oxygen atoms in total. The molecular formula is C14H13ClO2S. The molecule has 0 radical (unpaired) electrons. The highest BCUT2D eigenvalue weighted by Crippen LogP contribution is 2.35. The van der Waals surface area contributed by atoms with E-state index in [1.54, 1.807) is 18.9 Å². The van der Waals surface area contributed by atoms with Gasteiger partial charge < -0.3 is 9.84 Å². The Kier molecular flexibility index (Phi) is 4.53. The fourth-order valence-electron chi connectivity index (χ4n) is 1.56. The first-order valence-corrected chi connectivity index (χ1v) is 6.64. The van der Waals surface area contributed by atoms with Crippen LogP contribution in [0, 0.1) is 0 Å². The van der Waals surface area contributed by atoms with E-state index in [1.165, 1.54) is 0 Å². The van der Waals surface area contributed by atoms with Crippen LogP contribution in [-0.4, -0.2) is 12.2 Å². The maximum absolute atomic E-state index is 9.28. The highest BCUT2D eigenvalue weighted by Gasteiger charge is 2.06. The van der Waals surface area contributed by atoms with Crippen LogP contribution in [0.15, 0.2) is 52.3 Å². The van der Waals surface area contributed by atoms with Gasteiger partial charge in [0, 0.05) is 9.79 Å². The largest absolute Gasteiger partial charge is 0.495 e. The summed E-state index contributed by atoms with van der Waals surface area (Å²) in [6.45, 7) is 0.0356. The van der Waals surface area contributed by atoms with Crippen LogP contribution in [0.1, 0.15) is 5.56 Å². The normalized spacial score (nSPS) is 10.4. The van der Waals surface area contributed by atoms with Gasteiger partial charge in [0.1, 0.15) is 5.75 Å². The Morgan fingerprint density at radius 2 is 2.00 bits per heavy atom. The number of hydrogen-bond acceptors (Lipinski definition) is 3. The van der Waals surface area contributed by atoms with E-state index in [1.807, 2.05) is 42.5 Å². The minimum atomic E-state index is 0.0356. The van der Waals surface area contributed by atoms with Gasteiger partial charge in [-0.1, -0.05) is 41.6 Å². The molecule has 0 saturated carbocycles. The third-order valence-corrected chi connectivity index (χ3v) is 3.91. The Bertz CT molecular complexity index is 543. The van der Waals surface area contributed by atoms with Crippen molar-refractivity contribution in [2.75, 3.05) is 7.11 Å². The molecule has 0 amide bonds. The monoisotopic (exact) mass is 280 g/mol. The van der Waals surface area contributed by atoms with Crippen molar-refractivity contribution in [3.8, 4) is 5.75 Å². The second-order valence-corrected chi connectivity index (χ2v) is 5.19. The quantitative estimate of drug-likeness (QED) is 0.918. The molecule has 0 spiro atoms. The fraction of sp³-hybridized carbons (Fsp3) is 0.143. The molecule has 0 fully saturated rings. The third-order valence-electron chi connectivity index (χ3n) is 2.49. The van der Waals surface area contributed by atoms with Crippen LogP contribution < -0.4 is 4.74 Å². The average Bonchev–Trinajstić information content (AvgIpc) is 2.41. The van der Waals surface area contributed by atoms with Crippen molar-refractivity contribution in [1.29, 1.82) is 0 Å². The van der Waals surface area contributed by atoms with Crippen molar-refractivity contribution >= 4 is 23.4 Å². The van der Waals surface area contributed by atoms with E-state index in [-0.39, 0.29) is 6.61 Å². The molecule has 18 heavy (non-hydrogen) atoms. The molecule has 2 rings (SSSR count). The van der Waals surface area contributed by atoms with Gasteiger partial charge in [-0.3, -0.25) is 0 Å². The van der Waals surface area contributed by atoms with Gasteiger partial charge in [0.25, 0.3) is 0 Å². The van der Waals surface area contributed by atoms with Gasteiger partial charge in [0.2, 0.25) is 0 Å². The highest BCUT2D eigenvalue weighted by molar-refractivity contribution is 7.99. The summed E-state index contributed by atoms with van der Waals surface area (Å²) in [6, 6.07) is 13.4. The van der Waals surface area contributed by atoms with Gasteiger partial charge in [-0.2, -0.15) is 0 Å². The number of rotatable bonds is 4. The van der Waals surface area contributed by atoms with E-state index in [0.29, 0.717) is 10.8 Å². The van der Waals surface area contributed by atoms with Crippen LogP contribution in [0.4, 0.5) is 0 Å². The maximum atomic E-state index is 9.28. The molecule has 0 aromatic heterocycles. The lowest BCUT2D eigenvalue weighted by atomic mass is 10.2. The van der Waals surface area contributed by atoms with Gasteiger partial charge in [0.15, 0.2) is 0 Å². The van der Waals surface area contributed by atoms with Crippen LogP contribution in [0.3, 0.4) is 0 Å².